The van der Waals surface area contributed by atoms with Crippen LogP contribution in [-0.4, -0.2) is 35.2 Å². The maximum Gasteiger partial charge on any atom is 0.261 e. The summed E-state index contributed by atoms with van der Waals surface area (Å²) in [5.74, 6) is 0.777. The number of carbonyl (C=O) groups is 1. The Bertz CT molecular complexity index is 483. The van der Waals surface area contributed by atoms with E-state index < -0.39 is 0 Å². The number of amides is 1. The van der Waals surface area contributed by atoms with Crippen LogP contribution in [0.4, 0.5) is 0 Å². The van der Waals surface area contributed by atoms with E-state index in [0.717, 1.165) is 23.6 Å². The molecule has 0 aromatic carbocycles. The van der Waals surface area contributed by atoms with Gasteiger partial charge in [-0.1, -0.05) is 13.3 Å². The molecule has 0 saturated carbocycles. The number of aliphatic hydroxyl groups is 1. The van der Waals surface area contributed by atoms with E-state index in [1.165, 1.54) is 23.3 Å². The van der Waals surface area contributed by atoms with Crippen molar-refractivity contribution in [3.05, 3.63) is 21.4 Å². The van der Waals surface area contributed by atoms with Crippen LogP contribution in [0.2, 0.25) is 0 Å². The standard InChI is InChI=1S/C16H25NO2S2/c1-4-11-5-6-13-12(7-11)8-14(21-13)16(19)17-10(2)15(9-18)20-3/h8,10-11,15,18H,4-7,9H2,1-3H3,(H,17,19). The predicted octanol–water partition coefficient (Wildman–Crippen LogP) is 3.11. The van der Waals surface area contributed by atoms with Crippen LogP contribution in [0, 0.1) is 5.92 Å². The van der Waals surface area contributed by atoms with E-state index in [1.807, 2.05) is 13.2 Å². The van der Waals surface area contributed by atoms with Gasteiger partial charge in [0.15, 0.2) is 0 Å². The minimum atomic E-state index is -0.0278. The molecule has 2 rings (SSSR count). The van der Waals surface area contributed by atoms with Crippen LogP contribution in [0.5, 0.6) is 0 Å². The van der Waals surface area contributed by atoms with Gasteiger partial charge in [0, 0.05) is 16.2 Å². The number of nitrogens with one attached hydrogen (secondary N) is 1. The Balaban J connectivity index is 2.02. The van der Waals surface area contributed by atoms with Gasteiger partial charge >= 0.3 is 0 Å². The number of aliphatic hydroxyl groups excluding tert-OH is 1. The van der Waals surface area contributed by atoms with Crippen molar-refractivity contribution in [2.75, 3.05) is 12.9 Å². The maximum absolute atomic E-state index is 12.4. The molecule has 0 spiro atoms. The first-order chi connectivity index (χ1) is 10.1. The smallest absolute Gasteiger partial charge is 0.261 e. The van der Waals surface area contributed by atoms with Crippen LogP contribution >= 0.6 is 23.1 Å². The van der Waals surface area contributed by atoms with Gasteiger partial charge < -0.3 is 10.4 Å². The fourth-order valence-electron chi connectivity index (χ4n) is 2.87. The molecule has 0 bridgehead atoms. The van der Waals surface area contributed by atoms with Crippen molar-refractivity contribution in [3.8, 4) is 0 Å². The normalized spacial score (nSPS) is 20.7. The first kappa shape index (κ1) is 16.8. The lowest BCUT2D eigenvalue weighted by Crippen LogP contribution is -2.40. The van der Waals surface area contributed by atoms with Gasteiger partial charge in [0.2, 0.25) is 0 Å². The summed E-state index contributed by atoms with van der Waals surface area (Å²) in [5, 5.41) is 12.4. The van der Waals surface area contributed by atoms with Crippen LogP contribution in [-0.2, 0) is 12.8 Å². The molecule has 0 fully saturated rings. The number of carbonyl (C=O) groups excluding carboxylic acids is 1. The van der Waals surface area contributed by atoms with Crippen LogP contribution in [0.25, 0.3) is 0 Å². The van der Waals surface area contributed by atoms with Gasteiger partial charge in [-0.25, -0.2) is 0 Å². The van der Waals surface area contributed by atoms with Crippen LogP contribution in [0.1, 0.15) is 46.8 Å². The molecule has 1 aliphatic carbocycles. The average Bonchev–Trinajstić information content (AvgIpc) is 2.91. The van der Waals surface area contributed by atoms with Gasteiger partial charge in [0.05, 0.1) is 11.5 Å². The minimum Gasteiger partial charge on any atom is -0.395 e. The second-order valence-electron chi connectivity index (χ2n) is 5.80. The molecule has 3 unspecified atom stereocenters. The molecule has 5 heteroatoms. The molecule has 118 valence electrons. The van der Waals surface area contributed by atoms with E-state index in [0.29, 0.717) is 0 Å². The molecule has 1 aromatic heterocycles. The fourth-order valence-corrected chi connectivity index (χ4v) is 4.60. The lowest BCUT2D eigenvalue weighted by atomic mass is 9.87. The van der Waals surface area contributed by atoms with Crippen molar-refractivity contribution in [1.29, 1.82) is 0 Å². The van der Waals surface area contributed by atoms with E-state index in [9.17, 15) is 9.90 Å². The Morgan fingerprint density at radius 3 is 3.00 bits per heavy atom. The zero-order chi connectivity index (χ0) is 15.4. The number of thioether (sulfide) groups is 1. The van der Waals surface area contributed by atoms with Crippen molar-refractivity contribution in [1.82, 2.24) is 5.32 Å². The molecule has 3 nitrogen and oxygen atoms in total. The summed E-state index contributed by atoms with van der Waals surface area (Å²) in [6, 6.07) is 2.05. The summed E-state index contributed by atoms with van der Waals surface area (Å²) in [6.45, 7) is 4.28. The van der Waals surface area contributed by atoms with Crippen molar-refractivity contribution >= 4 is 29.0 Å². The summed E-state index contributed by atoms with van der Waals surface area (Å²) in [4.78, 5) is 14.6. The number of fused-ring (bicyclic) bond motifs is 1. The molecular weight excluding hydrogens is 302 g/mol. The molecule has 1 heterocycles. The van der Waals surface area contributed by atoms with Gasteiger partial charge in [0.1, 0.15) is 0 Å². The highest BCUT2D eigenvalue weighted by Crippen LogP contribution is 2.33. The molecule has 2 N–H and O–H groups in total. The molecule has 0 radical (unpaired) electrons. The largest absolute Gasteiger partial charge is 0.395 e. The van der Waals surface area contributed by atoms with Crippen molar-refractivity contribution in [3.63, 3.8) is 0 Å². The zero-order valence-corrected chi connectivity index (χ0v) is 14.6. The molecule has 0 aliphatic heterocycles. The van der Waals surface area contributed by atoms with Crippen molar-refractivity contribution < 1.29 is 9.90 Å². The van der Waals surface area contributed by atoms with Crippen molar-refractivity contribution in [2.24, 2.45) is 5.92 Å². The highest BCUT2D eigenvalue weighted by atomic mass is 32.2. The van der Waals surface area contributed by atoms with Crippen LogP contribution in [0.3, 0.4) is 0 Å². The second-order valence-corrected chi connectivity index (χ2v) is 8.01. The zero-order valence-electron chi connectivity index (χ0n) is 13.0. The summed E-state index contributed by atoms with van der Waals surface area (Å²) < 4.78 is 0. The third kappa shape index (κ3) is 4.02. The maximum atomic E-state index is 12.4. The quantitative estimate of drug-likeness (QED) is 0.844. The highest BCUT2D eigenvalue weighted by molar-refractivity contribution is 7.99. The van der Waals surface area contributed by atoms with Gasteiger partial charge in [-0.2, -0.15) is 11.8 Å². The van der Waals surface area contributed by atoms with Gasteiger partial charge in [-0.05, 0) is 50.0 Å². The molecule has 21 heavy (non-hydrogen) atoms. The van der Waals surface area contributed by atoms with E-state index in [-0.39, 0.29) is 23.8 Å². The Morgan fingerprint density at radius 1 is 1.62 bits per heavy atom. The molecule has 1 aliphatic rings. The predicted molar refractivity (Wildman–Crippen MR) is 91.4 cm³/mol. The summed E-state index contributed by atoms with van der Waals surface area (Å²) in [7, 11) is 0. The summed E-state index contributed by atoms with van der Waals surface area (Å²) >= 11 is 3.23. The minimum absolute atomic E-state index is 0.00227. The number of aryl methyl sites for hydroxylation is 1. The Hall–Kier alpha value is -0.520. The molecule has 1 aromatic rings. The van der Waals surface area contributed by atoms with Crippen molar-refractivity contribution in [2.45, 2.75) is 50.8 Å². The molecular formula is C16H25NO2S2. The second kappa shape index (κ2) is 7.65. The lowest BCUT2D eigenvalue weighted by molar-refractivity contribution is 0.0940. The molecule has 3 atom stereocenters. The third-order valence-electron chi connectivity index (χ3n) is 4.39. The molecule has 0 saturated heterocycles. The summed E-state index contributed by atoms with van der Waals surface area (Å²) in [5.41, 5.74) is 1.37. The monoisotopic (exact) mass is 327 g/mol. The van der Waals surface area contributed by atoms with Gasteiger partial charge in [0.25, 0.3) is 5.91 Å². The average molecular weight is 328 g/mol. The number of thiophene rings is 1. The van der Waals surface area contributed by atoms with E-state index in [4.69, 9.17) is 0 Å². The Morgan fingerprint density at radius 2 is 2.38 bits per heavy atom. The first-order valence-corrected chi connectivity index (χ1v) is 9.75. The van der Waals surface area contributed by atoms with Crippen LogP contribution < -0.4 is 5.32 Å². The highest BCUT2D eigenvalue weighted by Gasteiger charge is 2.24. The first-order valence-electron chi connectivity index (χ1n) is 7.65. The Labute approximate surface area is 135 Å². The van der Waals surface area contributed by atoms with Gasteiger partial charge in [-0.3, -0.25) is 4.79 Å². The number of hydrogen-bond donors (Lipinski definition) is 2. The van der Waals surface area contributed by atoms with E-state index in [1.54, 1.807) is 23.1 Å². The van der Waals surface area contributed by atoms with Crippen LogP contribution in [0.15, 0.2) is 6.07 Å². The lowest BCUT2D eigenvalue weighted by Gasteiger charge is -2.20. The SMILES string of the molecule is CCC1CCc2sc(C(=O)NC(C)C(CO)SC)cc2C1. The van der Waals surface area contributed by atoms with E-state index in [2.05, 4.69) is 18.3 Å². The summed E-state index contributed by atoms with van der Waals surface area (Å²) in [6.07, 6.45) is 6.67. The number of hydrogen-bond acceptors (Lipinski definition) is 4. The van der Waals surface area contributed by atoms with Gasteiger partial charge in [-0.15, -0.1) is 11.3 Å². The third-order valence-corrected chi connectivity index (χ3v) is 6.78. The molecule has 1 amide bonds. The Kier molecular flexibility index (Phi) is 6.14. The topological polar surface area (TPSA) is 49.3 Å². The van der Waals surface area contributed by atoms with E-state index >= 15 is 0 Å². The fraction of sp³-hybridized carbons (Fsp3) is 0.688. The number of rotatable bonds is 6.